The molecule has 1 aromatic carbocycles. The van der Waals surface area contributed by atoms with E-state index in [1.165, 1.54) is 24.8 Å². The first-order valence-electron chi connectivity index (χ1n) is 6.86. The third kappa shape index (κ3) is 2.27. The second-order valence-electron chi connectivity index (χ2n) is 5.47. The van der Waals surface area contributed by atoms with Crippen molar-refractivity contribution in [2.24, 2.45) is 5.16 Å². The average molecular weight is 244 g/mol. The molecule has 2 heterocycles. The Labute approximate surface area is 108 Å². The molecule has 96 valence electrons. The molecule has 2 aliphatic rings. The molecule has 0 spiro atoms. The summed E-state index contributed by atoms with van der Waals surface area (Å²) >= 11 is 0. The van der Waals surface area contributed by atoms with Crippen molar-refractivity contribution in [3.63, 3.8) is 0 Å². The Hall–Kier alpha value is -1.35. The lowest BCUT2D eigenvalue weighted by atomic mass is 9.83. The van der Waals surface area contributed by atoms with Crippen LogP contribution in [0.3, 0.4) is 0 Å². The summed E-state index contributed by atoms with van der Waals surface area (Å²) in [6.07, 6.45) is 5.68. The van der Waals surface area contributed by atoms with E-state index in [1.807, 2.05) is 0 Å². The van der Waals surface area contributed by atoms with E-state index in [1.54, 1.807) is 0 Å². The van der Waals surface area contributed by atoms with Gasteiger partial charge in [-0.15, -0.1) is 0 Å². The van der Waals surface area contributed by atoms with Gasteiger partial charge in [-0.05, 0) is 18.4 Å². The molecule has 0 amide bonds. The van der Waals surface area contributed by atoms with Crippen molar-refractivity contribution in [3.05, 3.63) is 35.9 Å². The Bertz CT molecular complexity index is 413. The zero-order chi connectivity index (χ0) is 12.4. The highest BCUT2D eigenvalue weighted by Gasteiger charge is 2.36. The number of rotatable bonds is 2. The number of hydrogen-bond donors (Lipinski definition) is 1. The number of fused-ring (bicyclic) bond motifs is 2. The van der Waals surface area contributed by atoms with E-state index in [0.29, 0.717) is 12.1 Å². The van der Waals surface area contributed by atoms with Crippen molar-refractivity contribution in [1.29, 1.82) is 0 Å². The molecule has 3 nitrogen and oxygen atoms in total. The van der Waals surface area contributed by atoms with Crippen LogP contribution in [-0.2, 0) is 6.54 Å². The molecule has 2 atom stereocenters. The molecule has 3 rings (SSSR count). The molecule has 2 unspecified atom stereocenters. The van der Waals surface area contributed by atoms with Gasteiger partial charge in [-0.1, -0.05) is 41.9 Å². The lowest BCUT2D eigenvalue weighted by molar-refractivity contribution is 0.0668. The van der Waals surface area contributed by atoms with E-state index in [-0.39, 0.29) is 0 Å². The molecule has 2 aliphatic heterocycles. The normalized spacial score (nSPS) is 28.1. The van der Waals surface area contributed by atoms with Crippen molar-refractivity contribution < 1.29 is 5.21 Å². The number of benzene rings is 1. The molecule has 2 saturated heterocycles. The topological polar surface area (TPSA) is 35.8 Å². The summed E-state index contributed by atoms with van der Waals surface area (Å²) in [5.74, 6) is 0. The SMILES string of the molecule is ON=C1CC2CCCC(C1)N2Cc1ccccc1. The van der Waals surface area contributed by atoms with Gasteiger partial charge in [-0.2, -0.15) is 0 Å². The molecule has 1 N–H and O–H groups in total. The largest absolute Gasteiger partial charge is 0.411 e. The molecule has 2 fully saturated rings. The Kier molecular flexibility index (Phi) is 3.33. The highest BCUT2D eigenvalue weighted by molar-refractivity contribution is 5.85. The monoisotopic (exact) mass is 244 g/mol. The zero-order valence-corrected chi connectivity index (χ0v) is 10.6. The lowest BCUT2D eigenvalue weighted by Crippen LogP contribution is -2.51. The van der Waals surface area contributed by atoms with Crippen molar-refractivity contribution in [2.75, 3.05) is 0 Å². The fourth-order valence-electron chi connectivity index (χ4n) is 3.42. The van der Waals surface area contributed by atoms with Gasteiger partial charge in [-0.25, -0.2) is 0 Å². The predicted molar refractivity (Wildman–Crippen MR) is 71.9 cm³/mol. The lowest BCUT2D eigenvalue weighted by Gasteiger charge is -2.46. The first kappa shape index (κ1) is 11.7. The summed E-state index contributed by atoms with van der Waals surface area (Å²) in [7, 11) is 0. The van der Waals surface area contributed by atoms with Crippen LogP contribution in [-0.4, -0.2) is 27.9 Å². The van der Waals surface area contributed by atoms with Crippen molar-refractivity contribution >= 4 is 5.71 Å². The van der Waals surface area contributed by atoms with Crippen LogP contribution in [0.4, 0.5) is 0 Å². The number of hydrogen-bond acceptors (Lipinski definition) is 3. The van der Waals surface area contributed by atoms with Gasteiger partial charge in [0.1, 0.15) is 0 Å². The van der Waals surface area contributed by atoms with Crippen molar-refractivity contribution in [3.8, 4) is 0 Å². The van der Waals surface area contributed by atoms with E-state index in [0.717, 1.165) is 25.1 Å². The quantitative estimate of drug-likeness (QED) is 0.641. The summed E-state index contributed by atoms with van der Waals surface area (Å²) < 4.78 is 0. The van der Waals surface area contributed by atoms with Crippen LogP contribution in [0.25, 0.3) is 0 Å². The summed E-state index contributed by atoms with van der Waals surface area (Å²) in [6.45, 7) is 1.04. The Morgan fingerprint density at radius 2 is 1.78 bits per heavy atom. The summed E-state index contributed by atoms with van der Waals surface area (Å²) in [5, 5.41) is 12.5. The number of piperidine rings is 2. The minimum atomic E-state index is 0.573. The Morgan fingerprint density at radius 1 is 1.11 bits per heavy atom. The molecule has 1 aromatic rings. The first-order chi connectivity index (χ1) is 8.86. The van der Waals surface area contributed by atoms with Gasteiger partial charge in [0, 0.05) is 31.5 Å². The molecule has 2 bridgehead atoms. The van der Waals surface area contributed by atoms with E-state index in [2.05, 4.69) is 40.4 Å². The van der Waals surface area contributed by atoms with E-state index < -0.39 is 0 Å². The molecule has 0 aliphatic carbocycles. The zero-order valence-electron chi connectivity index (χ0n) is 10.6. The minimum absolute atomic E-state index is 0.573. The number of nitrogens with zero attached hydrogens (tertiary/aromatic N) is 2. The van der Waals surface area contributed by atoms with E-state index in [4.69, 9.17) is 5.21 Å². The molecule has 0 aromatic heterocycles. The maximum absolute atomic E-state index is 8.99. The van der Waals surface area contributed by atoms with Crippen molar-refractivity contribution in [1.82, 2.24) is 4.90 Å². The van der Waals surface area contributed by atoms with Gasteiger partial charge in [-0.3, -0.25) is 4.90 Å². The molecule has 0 saturated carbocycles. The number of oxime groups is 1. The summed E-state index contributed by atoms with van der Waals surface area (Å²) in [6, 6.07) is 11.8. The highest BCUT2D eigenvalue weighted by Crippen LogP contribution is 2.33. The van der Waals surface area contributed by atoms with Crippen LogP contribution in [0.15, 0.2) is 35.5 Å². The van der Waals surface area contributed by atoms with Crippen LogP contribution in [0, 0.1) is 0 Å². The second kappa shape index (κ2) is 5.11. The highest BCUT2D eigenvalue weighted by atomic mass is 16.4. The molecule has 18 heavy (non-hydrogen) atoms. The maximum atomic E-state index is 8.99. The van der Waals surface area contributed by atoms with Crippen LogP contribution in [0.1, 0.15) is 37.7 Å². The van der Waals surface area contributed by atoms with Crippen LogP contribution >= 0.6 is 0 Å². The third-order valence-electron chi connectivity index (χ3n) is 4.30. The first-order valence-corrected chi connectivity index (χ1v) is 6.86. The van der Waals surface area contributed by atoms with Gasteiger partial charge in [0.05, 0.1) is 5.71 Å². The maximum Gasteiger partial charge on any atom is 0.0601 e. The van der Waals surface area contributed by atoms with E-state index >= 15 is 0 Å². The predicted octanol–water partition coefficient (Wildman–Crippen LogP) is 3.03. The summed E-state index contributed by atoms with van der Waals surface area (Å²) in [4.78, 5) is 2.62. The van der Waals surface area contributed by atoms with Gasteiger partial charge in [0.2, 0.25) is 0 Å². The molecular weight excluding hydrogens is 224 g/mol. The average Bonchev–Trinajstić information content (AvgIpc) is 2.39. The third-order valence-corrected chi connectivity index (χ3v) is 4.30. The standard InChI is InChI=1S/C15H20N2O/c18-16-13-9-14-7-4-8-15(10-13)17(14)11-12-5-2-1-3-6-12/h1-3,5-6,14-15,18H,4,7-11H2. The molecular formula is C15H20N2O. The second-order valence-corrected chi connectivity index (χ2v) is 5.47. The summed E-state index contributed by atoms with van der Waals surface area (Å²) in [5.41, 5.74) is 2.38. The smallest absolute Gasteiger partial charge is 0.0601 e. The van der Waals surface area contributed by atoms with Gasteiger partial charge in [0.25, 0.3) is 0 Å². The van der Waals surface area contributed by atoms with E-state index in [9.17, 15) is 0 Å². The Balaban J connectivity index is 1.76. The molecule has 3 heteroatoms. The minimum Gasteiger partial charge on any atom is -0.411 e. The fourth-order valence-corrected chi connectivity index (χ4v) is 3.42. The fraction of sp³-hybridized carbons (Fsp3) is 0.533. The Morgan fingerprint density at radius 3 is 2.39 bits per heavy atom. The van der Waals surface area contributed by atoms with Gasteiger partial charge >= 0.3 is 0 Å². The van der Waals surface area contributed by atoms with Crippen LogP contribution in [0.5, 0.6) is 0 Å². The van der Waals surface area contributed by atoms with Gasteiger partial charge < -0.3 is 5.21 Å². The van der Waals surface area contributed by atoms with Crippen molar-refractivity contribution in [2.45, 2.75) is 50.7 Å². The molecule has 0 radical (unpaired) electrons. The van der Waals surface area contributed by atoms with Crippen LogP contribution < -0.4 is 0 Å². The van der Waals surface area contributed by atoms with Gasteiger partial charge in [0.15, 0.2) is 0 Å². The van der Waals surface area contributed by atoms with Crippen LogP contribution in [0.2, 0.25) is 0 Å².